The van der Waals surface area contributed by atoms with Gasteiger partial charge in [-0.15, -0.1) is 0 Å². The lowest BCUT2D eigenvalue weighted by atomic mass is 9.82. The van der Waals surface area contributed by atoms with Crippen molar-refractivity contribution in [3.05, 3.63) is 23.3 Å². The van der Waals surface area contributed by atoms with Crippen LogP contribution in [0.25, 0.3) is 0 Å². The zero-order valence-corrected chi connectivity index (χ0v) is 8.27. The Morgan fingerprint density at radius 1 is 1.58 bits per heavy atom. The molecule has 0 N–H and O–H groups in total. The van der Waals surface area contributed by atoms with E-state index in [-0.39, 0.29) is 11.2 Å². The quantitative estimate of drug-likeness (QED) is 0.430. The summed E-state index contributed by atoms with van der Waals surface area (Å²) in [4.78, 5) is 10.9. The molecule has 0 aromatic heterocycles. The van der Waals surface area contributed by atoms with Gasteiger partial charge in [0.2, 0.25) is 0 Å². The molecule has 66 valence electrons. The molecule has 0 radical (unpaired) electrons. The molecule has 12 heavy (non-hydrogen) atoms. The predicted octanol–water partition coefficient (Wildman–Crippen LogP) is 2.88. The average molecular weight is 164 g/mol. The van der Waals surface area contributed by atoms with Gasteiger partial charge in [-0.25, -0.2) is 0 Å². The van der Waals surface area contributed by atoms with Crippen LogP contribution in [0.4, 0.5) is 0 Å². The Hall–Kier alpha value is -0.850. The van der Waals surface area contributed by atoms with Gasteiger partial charge in [0.15, 0.2) is 5.78 Å². The van der Waals surface area contributed by atoms with Gasteiger partial charge in [-0.1, -0.05) is 31.1 Å². The van der Waals surface area contributed by atoms with Crippen LogP contribution in [-0.4, -0.2) is 5.78 Å². The van der Waals surface area contributed by atoms with E-state index >= 15 is 0 Å². The van der Waals surface area contributed by atoms with Crippen molar-refractivity contribution in [2.75, 3.05) is 0 Å². The highest BCUT2D eigenvalue weighted by molar-refractivity contribution is 5.88. The Balaban J connectivity index is 2.95. The molecule has 0 saturated carbocycles. The highest BCUT2D eigenvalue weighted by Crippen LogP contribution is 2.42. The van der Waals surface area contributed by atoms with Crippen LogP contribution in [0.5, 0.6) is 0 Å². The Morgan fingerprint density at radius 2 is 2.17 bits per heavy atom. The number of hydrogen-bond donors (Lipinski definition) is 0. The van der Waals surface area contributed by atoms with Crippen LogP contribution in [0, 0.1) is 5.41 Å². The fourth-order valence-electron chi connectivity index (χ4n) is 1.51. The first kappa shape index (κ1) is 9.24. The first-order valence-corrected chi connectivity index (χ1v) is 4.33. The lowest BCUT2D eigenvalue weighted by Crippen LogP contribution is -2.12. The summed E-state index contributed by atoms with van der Waals surface area (Å²) in [5.74, 6) is 0.154. The van der Waals surface area contributed by atoms with Crippen LogP contribution in [0.2, 0.25) is 0 Å². The highest BCUT2D eigenvalue weighted by Gasteiger charge is 2.29. The number of rotatable bonds is 1. The van der Waals surface area contributed by atoms with Crippen molar-refractivity contribution >= 4 is 5.78 Å². The van der Waals surface area contributed by atoms with E-state index in [1.54, 1.807) is 13.0 Å². The molecule has 0 amide bonds. The summed E-state index contributed by atoms with van der Waals surface area (Å²) >= 11 is 0. The first-order chi connectivity index (χ1) is 5.44. The maximum atomic E-state index is 10.9. The van der Waals surface area contributed by atoms with Gasteiger partial charge in [-0.3, -0.25) is 4.79 Å². The van der Waals surface area contributed by atoms with Gasteiger partial charge in [-0.05, 0) is 26.3 Å². The number of hydrogen-bond acceptors (Lipinski definition) is 1. The molecule has 1 heteroatoms. The second-order valence-corrected chi connectivity index (χ2v) is 4.00. The summed E-state index contributed by atoms with van der Waals surface area (Å²) in [5, 5.41) is 0. The van der Waals surface area contributed by atoms with Crippen LogP contribution in [0.15, 0.2) is 23.3 Å². The van der Waals surface area contributed by atoms with Gasteiger partial charge >= 0.3 is 0 Å². The van der Waals surface area contributed by atoms with E-state index in [9.17, 15) is 4.79 Å². The summed E-state index contributed by atoms with van der Waals surface area (Å²) in [6, 6.07) is 0. The Kier molecular flexibility index (Phi) is 2.22. The van der Waals surface area contributed by atoms with Crippen LogP contribution in [0.1, 0.15) is 34.1 Å². The molecule has 0 fully saturated rings. The minimum absolute atomic E-state index is 0.103. The number of ketones is 1. The summed E-state index contributed by atoms with van der Waals surface area (Å²) in [6.07, 6.45) is 4.92. The molecule has 0 saturated heterocycles. The summed E-state index contributed by atoms with van der Waals surface area (Å²) in [7, 11) is 0. The third-order valence-electron chi connectivity index (χ3n) is 2.79. The van der Waals surface area contributed by atoms with Gasteiger partial charge in [0.1, 0.15) is 0 Å². The van der Waals surface area contributed by atoms with Crippen molar-refractivity contribution in [2.45, 2.75) is 34.1 Å². The van der Waals surface area contributed by atoms with Crippen molar-refractivity contribution in [3.8, 4) is 0 Å². The molecular weight excluding hydrogens is 148 g/mol. The van der Waals surface area contributed by atoms with Gasteiger partial charge in [0.05, 0.1) is 0 Å². The van der Waals surface area contributed by atoms with E-state index in [2.05, 4.69) is 26.8 Å². The maximum absolute atomic E-state index is 10.9. The molecule has 0 unspecified atom stereocenters. The van der Waals surface area contributed by atoms with E-state index in [0.29, 0.717) is 0 Å². The molecule has 0 heterocycles. The van der Waals surface area contributed by atoms with Crippen LogP contribution in [0.3, 0.4) is 0 Å². The number of allylic oxidation sites excluding steroid dienone is 4. The van der Waals surface area contributed by atoms with E-state index in [1.807, 2.05) is 0 Å². The third kappa shape index (κ3) is 1.50. The third-order valence-corrected chi connectivity index (χ3v) is 2.79. The molecule has 1 rings (SSSR count). The summed E-state index contributed by atoms with van der Waals surface area (Å²) in [6.45, 7) is 8.07. The van der Waals surface area contributed by atoms with Crippen molar-refractivity contribution in [1.29, 1.82) is 0 Å². The zero-order chi connectivity index (χ0) is 9.35. The standard InChI is InChI=1S/C11H16O/c1-8-5-6-10(7-9(2)12)11(8,3)4/h5,7H,6H2,1-4H3/b10-7+. The maximum Gasteiger partial charge on any atom is 0.152 e. The molecule has 1 aliphatic carbocycles. The molecule has 0 atom stereocenters. The summed E-state index contributed by atoms with van der Waals surface area (Å²) in [5.41, 5.74) is 2.72. The van der Waals surface area contributed by atoms with Gasteiger partial charge in [0.25, 0.3) is 0 Å². The van der Waals surface area contributed by atoms with E-state index in [1.165, 1.54) is 11.1 Å². The molecule has 0 aromatic carbocycles. The molecule has 0 spiro atoms. The van der Waals surface area contributed by atoms with E-state index in [4.69, 9.17) is 0 Å². The molecule has 0 aliphatic heterocycles. The Morgan fingerprint density at radius 3 is 2.50 bits per heavy atom. The van der Waals surface area contributed by atoms with E-state index in [0.717, 1.165) is 6.42 Å². The topological polar surface area (TPSA) is 17.1 Å². The molecule has 0 aromatic rings. The highest BCUT2D eigenvalue weighted by atomic mass is 16.1. The van der Waals surface area contributed by atoms with E-state index < -0.39 is 0 Å². The van der Waals surface area contributed by atoms with Gasteiger partial charge in [-0.2, -0.15) is 0 Å². The lowest BCUT2D eigenvalue weighted by molar-refractivity contribution is -0.112. The fraction of sp³-hybridized carbons (Fsp3) is 0.545. The predicted molar refractivity (Wildman–Crippen MR) is 50.9 cm³/mol. The Labute approximate surface area is 74.2 Å². The average Bonchev–Trinajstić information content (AvgIpc) is 2.15. The number of carbonyl (C=O) groups is 1. The molecule has 0 bridgehead atoms. The molecule has 1 nitrogen and oxygen atoms in total. The van der Waals surface area contributed by atoms with Crippen molar-refractivity contribution < 1.29 is 4.79 Å². The van der Waals surface area contributed by atoms with Crippen LogP contribution < -0.4 is 0 Å². The zero-order valence-electron chi connectivity index (χ0n) is 8.27. The molecular formula is C11H16O. The SMILES string of the molecule is CC(=O)/C=C1\CC=C(C)C1(C)C. The molecule has 1 aliphatic rings. The first-order valence-electron chi connectivity index (χ1n) is 4.33. The van der Waals surface area contributed by atoms with Gasteiger partial charge < -0.3 is 0 Å². The van der Waals surface area contributed by atoms with Gasteiger partial charge in [0, 0.05) is 5.41 Å². The second-order valence-electron chi connectivity index (χ2n) is 4.00. The van der Waals surface area contributed by atoms with Crippen molar-refractivity contribution in [2.24, 2.45) is 5.41 Å². The second kappa shape index (κ2) is 2.89. The summed E-state index contributed by atoms with van der Waals surface area (Å²) < 4.78 is 0. The Bertz CT molecular complexity index is 267. The monoisotopic (exact) mass is 164 g/mol. The van der Waals surface area contributed by atoms with Crippen LogP contribution >= 0.6 is 0 Å². The normalized spacial score (nSPS) is 24.3. The van der Waals surface area contributed by atoms with Crippen molar-refractivity contribution in [1.82, 2.24) is 0 Å². The minimum atomic E-state index is 0.103. The largest absolute Gasteiger partial charge is 0.295 e. The van der Waals surface area contributed by atoms with Crippen LogP contribution in [-0.2, 0) is 4.79 Å². The fourth-order valence-corrected chi connectivity index (χ4v) is 1.51. The van der Waals surface area contributed by atoms with Crippen molar-refractivity contribution in [3.63, 3.8) is 0 Å². The minimum Gasteiger partial charge on any atom is -0.295 e. The lowest BCUT2D eigenvalue weighted by Gasteiger charge is -2.22. The smallest absolute Gasteiger partial charge is 0.152 e. The number of carbonyl (C=O) groups excluding carboxylic acids is 1.